The van der Waals surface area contributed by atoms with E-state index in [1.54, 1.807) is 0 Å². The summed E-state index contributed by atoms with van der Waals surface area (Å²) in [5.74, 6) is 4.07. The van der Waals surface area contributed by atoms with Crippen molar-refractivity contribution in [1.29, 1.82) is 0 Å². The Kier molecular flexibility index (Phi) is 1.38. The highest BCUT2D eigenvalue weighted by Crippen LogP contribution is 2.69. The molecular formula is C13H21N. The fourth-order valence-electron chi connectivity index (χ4n) is 5.87. The lowest BCUT2D eigenvalue weighted by atomic mass is 9.61. The van der Waals surface area contributed by atoms with E-state index >= 15 is 0 Å². The third-order valence-electron chi connectivity index (χ3n) is 6.31. The molecule has 1 nitrogen and oxygen atoms in total. The molecule has 14 heavy (non-hydrogen) atoms. The van der Waals surface area contributed by atoms with Gasteiger partial charge in [0.2, 0.25) is 0 Å². The van der Waals surface area contributed by atoms with Crippen LogP contribution in [0.4, 0.5) is 0 Å². The third kappa shape index (κ3) is 0.711. The van der Waals surface area contributed by atoms with E-state index in [0.717, 1.165) is 23.7 Å². The highest BCUT2D eigenvalue weighted by atomic mass is 14.8. The molecule has 4 fully saturated rings. The molecule has 78 valence electrons. The minimum atomic E-state index is 0.594. The van der Waals surface area contributed by atoms with E-state index in [1.807, 2.05) is 0 Å². The number of nitrogens with two attached hydrogens (primary N) is 1. The molecule has 4 rings (SSSR count). The second-order valence-corrected chi connectivity index (χ2v) is 6.49. The smallest absolute Gasteiger partial charge is 0.0129 e. The van der Waals surface area contributed by atoms with Gasteiger partial charge in [0.15, 0.2) is 0 Å². The predicted molar refractivity (Wildman–Crippen MR) is 56.7 cm³/mol. The van der Waals surface area contributed by atoms with E-state index in [9.17, 15) is 0 Å². The Morgan fingerprint density at radius 3 is 2.29 bits per heavy atom. The Labute approximate surface area is 86.4 Å². The van der Waals surface area contributed by atoms with Crippen LogP contribution in [0, 0.1) is 29.1 Å². The summed E-state index contributed by atoms with van der Waals surface area (Å²) in [5.41, 5.74) is 7.21. The van der Waals surface area contributed by atoms with Crippen LogP contribution in [0.15, 0.2) is 0 Å². The second-order valence-electron chi connectivity index (χ2n) is 6.49. The van der Waals surface area contributed by atoms with Crippen molar-refractivity contribution in [2.45, 2.75) is 51.0 Å². The molecule has 0 saturated heterocycles. The van der Waals surface area contributed by atoms with Crippen LogP contribution in [-0.2, 0) is 0 Å². The van der Waals surface area contributed by atoms with Gasteiger partial charge in [-0.05, 0) is 67.6 Å². The average molecular weight is 191 g/mol. The maximum absolute atomic E-state index is 6.55. The van der Waals surface area contributed by atoms with Crippen LogP contribution >= 0.6 is 0 Å². The van der Waals surface area contributed by atoms with Gasteiger partial charge in [0.05, 0.1) is 0 Å². The zero-order chi connectivity index (χ0) is 9.34. The normalized spacial score (nSPS) is 64.5. The lowest BCUT2D eigenvalue weighted by Crippen LogP contribution is -2.49. The standard InChI is InChI=1S/C13H21N/c14-12-9-2-4-11(6-9)13(12)7-8-1-3-10(13)5-8/h8-12H,1-7,14H2/t8-,9?,10+,11+,12-,13?/m1/s1. The SMILES string of the molecule is N[C@@H]1C2CC[C@@H](C2)C12C[C@@H]1CC[C@H]2C1. The van der Waals surface area contributed by atoms with Crippen LogP contribution in [0.1, 0.15) is 44.9 Å². The van der Waals surface area contributed by atoms with Crippen LogP contribution in [0.5, 0.6) is 0 Å². The minimum Gasteiger partial charge on any atom is -0.327 e. The monoisotopic (exact) mass is 191 g/mol. The van der Waals surface area contributed by atoms with Crippen LogP contribution in [0.25, 0.3) is 0 Å². The molecule has 0 radical (unpaired) electrons. The van der Waals surface area contributed by atoms with E-state index in [-0.39, 0.29) is 0 Å². The Bertz CT molecular complexity index is 263. The van der Waals surface area contributed by atoms with Gasteiger partial charge in [0.25, 0.3) is 0 Å². The van der Waals surface area contributed by atoms with Gasteiger partial charge in [0, 0.05) is 6.04 Å². The number of hydrogen-bond donors (Lipinski definition) is 1. The molecular weight excluding hydrogens is 170 g/mol. The summed E-state index contributed by atoms with van der Waals surface area (Å²) >= 11 is 0. The van der Waals surface area contributed by atoms with Crippen molar-refractivity contribution in [2.24, 2.45) is 34.8 Å². The van der Waals surface area contributed by atoms with E-state index in [4.69, 9.17) is 5.73 Å². The summed E-state index contributed by atoms with van der Waals surface area (Å²) in [4.78, 5) is 0. The minimum absolute atomic E-state index is 0.594. The van der Waals surface area contributed by atoms with Crippen molar-refractivity contribution < 1.29 is 0 Å². The molecule has 1 heteroatoms. The van der Waals surface area contributed by atoms with E-state index in [0.29, 0.717) is 11.5 Å². The molecule has 4 aliphatic carbocycles. The Morgan fingerprint density at radius 1 is 0.929 bits per heavy atom. The van der Waals surface area contributed by atoms with Gasteiger partial charge < -0.3 is 5.73 Å². The summed E-state index contributed by atoms with van der Waals surface area (Å²) in [6.45, 7) is 0. The highest BCUT2D eigenvalue weighted by molar-refractivity contribution is 5.16. The van der Waals surface area contributed by atoms with Crippen LogP contribution in [-0.4, -0.2) is 6.04 Å². The van der Waals surface area contributed by atoms with Crippen molar-refractivity contribution >= 4 is 0 Å². The molecule has 0 aromatic rings. The summed E-state index contributed by atoms with van der Waals surface area (Å²) in [7, 11) is 0. The zero-order valence-electron chi connectivity index (χ0n) is 8.91. The summed E-state index contributed by atoms with van der Waals surface area (Å²) in [6, 6.07) is 0.594. The molecule has 0 aliphatic heterocycles. The first-order valence-corrected chi connectivity index (χ1v) is 6.56. The first kappa shape index (κ1) is 8.15. The summed E-state index contributed by atoms with van der Waals surface area (Å²) in [5, 5.41) is 0. The molecule has 0 heterocycles. The van der Waals surface area contributed by atoms with E-state index < -0.39 is 0 Å². The quantitative estimate of drug-likeness (QED) is 0.625. The van der Waals surface area contributed by atoms with E-state index in [2.05, 4.69) is 0 Å². The van der Waals surface area contributed by atoms with Crippen molar-refractivity contribution in [2.75, 3.05) is 0 Å². The molecule has 1 spiro atoms. The van der Waals surface area contributed by atoms with Crippen LogP contribution in [0.2, 0.25) is 0 Å². The second kappa shape index (κ2) is 2.37. The van der Waals surface area contributed by atoms with Crippen molar-refractivity contribution in [3.05, 3.63) is 0 Å². The average Bonchev–Trinajstić information content (AvgIpc) is 2.91. The summed E-state index contributed by atoms with van der Waals surface area (Å²) < 4.78 is 0. The van der Waals surface area contributed by atoms with Gasteiger partial charge >= 0.3 is 0 Å². The summed E-state index contributed by atoms with van der Waals surface area (Å²) in [6.07, 6.45) is 10.5. The van der Waals surface area contributed by atoms with Crippen molar-refractivity contribution in [3.8, 4) is 0 Å². The number of fused-ring (bicyclic) bond motifs is 6. The molecule has 4 aliphatic rings. The molecule has 0 amide bonds. The number of hydrogen-bond acceptors (Lipinski definition) is 1. The molecule has 2 unspecified atom stereocenters. The van der Waals surface area contributed by atoms with Gasteiger partial charge in [-0.15, -0.1) is 0 Å². The van der Waals surface area contributed by atoms with Crippen LogP contribution < -0.4 is 5.73 Å². The molecule has 2 N–H and O–H groups in total. The fraction of sp³-hybridized carbons (Fsp3) is 1.00. The van der Waals surface area contributed by atoms with Crippen LogP contribution in [0.3, 0.4) is 0 Å². The van der Waals surface area contributed by atoms with Gasteiger partial charge in [-0.1, -0.05) is 6.42 Å². The van der Waals surface area contributed by atoms with E-state index in [1.165, 1.54) is 44.9 Å². The largest absolute Gasteiger partial charge is 0.327 e. The van der Waals surface area contributed by atoms with Gasteiger partial charge in [0.1, 0.15) is 0 Å². The third-order valence-corrected chi connectivity index (χ3v) is 6.31. The first-order valence-electron chi connectivity index (χ1n) is 6.56. The molecule has 0 aromatic carbocycles. The first-order chi connectivity index (χ1) is 6.80. The lowest BCUT2D eigenvalue weighted by Gasteiger charge is -2.46. The lowest BCUT2D eigenvalue weighted by molar-refractivity contribution is 0.0574. The van der Waals surface area contributed by atoms with Gasteiger partial charge in [-0.3, -0.25) is 0 Å². The number of rotatable bonds is 0. The maximum atomic E-state index is 6.55. The molecule has 0 aromatic heterocycles. The Hall–Kier alpha value is -0.0400. The topological polar surface area (TPSA) is 26.0 Å². The molecule has 4 saturated carbocycles. The zero-order valence-corrected chi connectivity index (χ0v) is 8.91. The molecule has 6 atom stereocenters. The Morgan fingerprint density at radius 2 is 1.71 bits per heavy atom. The fourth-order valence-corrected chi connectivity index (χ4v) is 5.87. The Balaban J connectivity index is 1.76. The maximum Gasteiger partial charge on any atom is 0.0129 e. The van der Waals surface area contributed by atoms with Crippen molar-refractivity contribution in [3.63, 3.8) is 0 Å². The van der Waals surface area contributed by atoms with Gasteiger partial charge in [-0.2, -0.15) is 0 Å². The molecule has 4 bridgehead atoms. The highest BCUT2D eigenvalue weighted by Gasteiger charge is 2.64. The van der Waals surface area contributed by atoms with Gasteiger partial charge in [-0.25, -0.2) is 0 Å². The predicted octanol–water partition coefficient (Wildman–Crippen LogP) is 2.55. The van der Waals surface area contributed by atoms with Crippen molar-refractivity contribution in [1.82, 2.24) is 0 Å².